The largest absolute Gasteiger partial charge is 0.348 e. The lowest BCUT2D eigenvalue weighted by atomic mass is 10.1. The molecule has 0 fully saturated rings. The molecular formula is C16H18N2O. The second kappa shape index (κ2) is 4.57. The molecule has 1 aromatic carbocycles. The first-order valence-corrected chi connectivity index (χ1v) is 6.69. The number of rotatable bonds is 1. The summed E-state index contributed by atoms with van der Waals surface area (Å²) in [5, 5.41) is 0. The van der Waals surface area contributed by atoms with E-state index in [0.717, 1.165) is 24.2 Å². The Bertz CT molecular complexity index is 615. The third-order valence-electron chi connectivity index (χ3n) is 3.87. The highest BCUT2D eigenvalue weighted by Gasteiger charge is 2.27. The number of carbonyl (C=O) groups is 1. The van der Waals surface area contributed by atoms with Gasteiger partial charge in [0.05, 0.1) is 6.04 Å². The number of aromatic nitrogens is 1. The van der Waals surface area contributed by atoms with Crippen LogP contribution in [0.15, 0.2) is 42.6 Å². The average molecular weight is 254 g/mol. The molecule has 3 rings (SSSR count). The summed E-state index contributed by atoms with van der Waals surface area (Å²) in [6, 6.07) is 12.1. The van der Waals surface area contributed by atoms with E-state index in [-0.39, 0.29) is 11.9 Å². The topological polar surface area (TPSA) is 25.2 Å². The molecule has 0 spiro atoms. The van der Waals surface area contributed by atoms with Gasteiger partial charge >= 0.3 is 0 Å². The van der Waals surface area contributed by atoms with Crippen molar-refractivity contribution in [2.75, 3.05) is 6.54 Å². The molecule has 1 amide bonds. The maximum absolute atomic E-state index is 12.6. The van der Waals surface area contributed by atoms with E-state index in [1.165, 1.54) is 5.69 Å². The SMILES string of the molecule is Cc1cccc(C(=O)N2CCn3cccc3C2C)c1. The smallest absolute Gasteiger partial charge is 0.254 e. The van der Waals surface area contributed by atoms with Crippen molar-refractivity contribution in [1.82, 2.24) is 9.47 Å². The monoisotopic (exact) mass is 254 g/mol. The Hall–Kier alpha value is -2.03. The minimum Gasteiger partial charge on any atom is -0.348 e. The average Bonchev–Trinajstić information content (AvgIpc) is 2.88. The Morgan fingerprint density at radius 1 is 1.21 bits per heavy atom. The molecule has 0 saturated heterocycles. The van der Waals surface area contributed by atoms with Gasteiger partial charge < -0.3 is 9.47 Å². The van der Waals surface area contributed by atoms with Crippen LogP contribution in [0.25, 0.3) is 0 Å². The van der Waals surface area contributed by atoms with Crippen molar-refractivity contribution in [3.63, 3.8) is 0 Å². The summed E-state index contributed by atoms with van der Waals surface area (Å²) in [6.45, 7) is 5.76. The fourth-order valence-electron chi connectivity index (χ4n) is 2.80. The van der Waals surface area contributed by atoms with Crippen LogP contribution < -0.4 is 0 Å². The lowest BCUT2D eigenvalue weighted by molar-refractivity contribution is 0.0644. The number of nitrogens with zero attached hydrogens (tertiary/aromatic N) is 2. The van der Waals surface area contributed by atoms with E-state index in [4.69, 9.17) is 0 Å². The molecule has 2 aromatic rings. The number of hydrogen-bond acceptors (Lipinski definition) is 1. The number of carbonyl (C=O) groups excluding carboxylic acids is 1. The fourth-order valence-corrected chi connectivity index (χ4v) is 2.80. The molecule has 1 unspecified atom stereocenters. The van der Waals surface area contributed by atoms with E-state index in [0.29, 0.717) is 0 Å². The van der Waals surface area contributed by atoms with Crippen LogP contribution in [0, 0.1) is 6.92 Å². The molecule has 1 aromatic heterocycles. The number of amides is 1. The van der Waals surface area contributed by atoms with Crippen molar-refractivity contribution in [1.29, 1.82) is 0 Å². The molecule has 2 heterocycles. The third kappa shape index (κ3) is 2.05. The zero-order valence-electron chi connectivity index (χ0n) is 11.3. The molecule has 1 atom stereocenters. The van der Waals surface area contributed by atoms with Gasteiger partial charge in [0.2, 0.25) is 0 Å². The summed E-state index contributed by atoms with van der Waals surface area (Å²) in [4.78, 5) is 14.6. The lowest BCUT2D eigenvalue weighted by Gasteiger charge is -2.35. The first-order chi connectivity index (χ1) is 9.16. The Kier molecular flexibility index (Phi) is 2.90. The lowest BCUT2D eigenvalue weighted by Crippen LogP contribution is -2.40. The second-order valence-corrected chi connectivity index (χ2v) is 5.17. The first kappa shape index (κ1) is 12.0. The summed E-state index contributed by atoms with van der Waals surface area (Å²) < 4.78 is 2.23. The molecule has 3 nitrogen and oxygen atoms in total. The zero-order chi connectivity index (χ0) is 13.4. The Labute approximate surface area is 113 Å². The highest BCUT2D eigenvalue weighted by Crippen LogP contribution is 2.26. The van der Waals surface area contributed by atoms with Crippen LogP contribution in [-0.2, 0) is 6.54 Å². The van der Waals surface area contributed by atoms with E-state index >= 15 is 0 Å². The van der Waals surface area contributed by atoms with Gasteiger partial charge in [-0.2, -0.15) is 0 Å². The van der Waals surface area contributed by atoms with Gasteiger partial charge in [-0.05, 0) is 38.1 Å². The molecular weight excluding hydrogens is 236 g/mol. The van der Waals surface area contributed by atoms with E-state index in [9.17, 15) is 4.79 Å². The fraction of sp³-hybridized carbons (Fsp3) is 0.312. The van der Waals surface area contributed by atoms with Crippen LogP contribution in [0.5, 0.6) is 0 Å². The molecule has 0 N–H and O–H groups in total. The highest BCUT2D eigenvalue weighted by atomic mass is 16.2. The molecule has 3 heteroatoms. The maximum atomic E-state index is 12.6. The van der Waals surface area contributed by atoms with Crippen molar-refractivity contribution >= 4 is 5.91 Å². The van der Waals surface area contributed by atoms with Gasteiger partial charge in [0.25, 0.3) is 5.91 Å². The van der Waals surface area contributed by atoms with Gasteiger partial charge in [-0.3, -0.25) is 4.79 Å². The zero-order valence-corrected chi connectivity index (χ0v) is 11.3. The quantitative estimate of drug-likeness (QED) is 0.768. The minimum atomic E-state index is 0.128. The van der Waals surface area contributed by atoms with Crippen LogP contribution in [0.2, 0.25) is 0 Å². The molecule has 98 valence electrons. The van der Waals surface area contributed by atoms with Crippen molar-refractivity contribution in [3.05, 3.63) is 59.4 Å². The van der Waals surface area contributed by atoms with Gasteiger partial charge in [0, 0.05) is 30.5 Å². The maximum Gasteiger partial charge on any atom is 0.254 e. The molecule has 1 aliphatic rings. The van der Waals surface area contributed by atoms with Gasteiger partial charge in [-0.25, -0.2) is 0 Å². The standard InChI is InChI=1S/C16H18N2O/c1-12-5-3-6-14(11-12)16(19)18-10-9-17-8-4-7-15(17)13(18)2/h3-8,11,13H,9-10H2,1-2H3. The summed E-state index contributed by atoms with van der Waals surface area (Å²) in [5.41, 5.74) is 3.12. The second-order valence-electron chi connectivity index (χ2n) is 5.17. The molecule has 0 saturated carbocycles. The van der Waals surface area contributed by atoms with Crippen LogP contribution in [0.3, 0.4) is 0 Å². The summed E-state index contributed by atoms with van der Waals surface area (Å²) >= 11 is 0. The van der Waals surface area contributed by atoms with Crippen molar-refractivity contribution in [3.8, 4) is 0 Å². The summed E-state index contributed by atoms with van der Waals surface area (Å²) in [6.07, 6.45) is 2.08. The Morgan fingerprint density at radius 3 is 2.84 bits per heavy atom. The Morgan fingerprint density at radius 2 is 2.05 bits per heavy atom. The Balaban J connectivity index is 1.90. The summed E-state index contributed by atoms with van der Waals surface area (Å²) in [7, 11) is 0. The van der Waals surface area contributed by atoms with Gasteiger partial charge in [0.15, 0.2) is 0 Å². The van der Waals surface area contributed by atoms with Gasteiger partial charge in [0.1, 0.15) is 0 Å². The number of hydrogen-bond donors (Lipinski definition) is 0. The molecule has 0 aliphatic carbocycles. The number of benzene rings is 1. The van der Waals surface area contributed by atoms with Crippen LogP contribution >= 0.6 is 0 Å². The molecule has 1 aliphatic heterocycles. The molecule has 19 heavy (non-hydrogen) atoms. The number of fused-ring (bicyclic) bond motifs is 1. The third-order valence-corrected chi connectivity index (χ3v) is 3.87. The van der Waals surface area contributed by atoms with E-state index in [1.807, 2.05) is 42.2 Å². The van der Waals surface area contributed by atoms with Crippen LogP contribution in [-0.4, -0.2) is 21.9 Å². The predicted octanol–water partition coefficient (Wildman–Crippen LogP) is 3.01. The normalized spacial score (nSPS) is 18.2. The van der Waals surface area contributed by atoms with Gasteiger partial charge in [-0.1, -0.05) is 17.7 Å². The highest BCUT2D eigenvalue weighted by molar-refractivity contribution is 5.94. The van der Waals surface area contributed by atoms with Crippen LogP contribution in [0.4, 0.5) is 0 Å². The van der Waals surface area contributed by atoms with Crippen molar-refractivity contribution < 1.29 is 4.79 Å². The molecule has 0 bridgehead atoms. The number of aryl methyl sites for hydroxylation is 1. The van der Waals surface area contributed by atoms with Crippen molar-refractivity contribution in [2.45, 2.75) is 26.4 Å². The molecule has 0 radical (unpaired) electrons. The van der Waals surface area contributed by atoms with E-state index in [1.54, 1.807) is 0 Å². The predicted molar refractivity (Wildman–Crippen MR) is 75.1 cm³/mol. The van der Waals surface area contributed by atoms with Crippen LogP contribution in [0.1, 0.15) is 34.6 Å². The summed E-state index contributed by atoms with van der Waals surface area (Å²) in [5.74, 6) is 0.128. The van der Waals surface area contributed by atoms with Crippen molar-refractivity contribution in [2.24, 2.45) is 0 Å². The van der Waals surface area contributed by atoms with Gasteiger partial charge in [-0.15, -0.1) is 0 Å². The minimum absolute atomic E-state index is 0.128. The van der Waals surface area contributed by atoms with E-state index < -0.39 is 0 Å². The van der Waals surface area contributed by atoms with E-state index in [2.05, 4.69) is 23.8 Å². The first-order valence-electron chi connectivity index (χ1n) is 6.69.